The quantitative estimate of drug-likeness (QED) is 0.315. The summed E-state index contributed by atoms with van der Waals surface area (Å²) < 4.78 is 0. The van der Waals surface area contributed by atoms with Crippen LogP contribution in [0.2, 0.25) is 0 Å². The van der Waals surface area contributed by atoms with E-state index in [-0.39, 0.29) is 11.3 Å². The maximum atomic E-state index is 13.7. The van der Waals surface area contributed by atoms with Crippen LogP contribution in [0.4, 0.5) is 5.00 Å². The van der Waals surface area contributed by atoms with E-state index < -0.39 is 0 Å². The van der Waals surface area contributed by atoms with Gasteiger partial charge in [0.25, 0.3) is 5.91 Å². The SMILES string of the molecule is CCc1ccc(-c2cc(C(=O)Nc3sc4c(c3C#N)CC[C@@H](C(C)(C)C)C4)c3ccccc3n2)cc1. The van der Waals surface area contributed by atoms with Gasteiger partial charge >= 0.3 is 0 Å². The Kier molecular flexibility index (Phi) is 6.40. The molecule has 36 heavy (non-hydrogen) atoms. The number of rotatable bonds is 4. The number of aryl methyl sites for hydroxylation is 1. The minimum Gasteiger partial charge on any atom is -0.312 e. The van der Waals surface area contributed by atoms with Crippen molar-refractivity contribution >= 4 is 33.1 Å². The normalized spacial score (nSPS) is 15.4. The van der Waals surface area contributed by atoms with Crippen molar-refractivity contribution in [1.82, 2.24) is 4.98 Å². The topological polar surface area (TPSA) is 65.8 Å². The summed E-state index contributed by atoms with van der Waals surface area (Å²) in [6.45, 7) is 8.98. The van der Waals surface area contributed by atoms with Crippen LogP contribution in [0.25, 0.3) is 22.2 Å². The minimum atomic E-state index is -0.206. The van der Waals surface area contributed by atoms with Gasteiger partial charge in [-0.25, -0.2) is 4.98 Å². The Morgan fingerprint density at radius 3 is 2.61 bits per heavy atom. The summed E-state index contributed by atoms with van der Waals surface area (Å²) in [5.41, 5.74) is 6.32. The largest absolute Gasteiger partial charge is 0.312 e. The highest BCUT2D eigenvalue weighted by Crippen LogP contribution is 2.44. The highest BCUT2D eigenvalue weighted by molar-refractivity contribution is 7.16. The zero-order valence-corrected chi connectivity index (χ0v) is 22.1. The highest BCUT2D eigenvalue weighted by Gasteiger charge is 2.32. The first-order valence-electron chi connectivity index (χ1n) is 12.6. The van der Waals surface area contributed by atoms with Crippen LogP contribution in [0.3, 0.4) is 0 Å². The van der Waals surface area contributed by atoms with Gasteiger partial charge in [-0.3, -0.25) is 4.79 Å². The molecule has 0 saturated carbocycles. The van der Waals surface area contributed by atoms with Crippen molar-refractivity contribution in [1.29, 1.82) is 5.26 Å². The number of thiophene rings is 1. The number of nitrogens with one attached hydrogen (secondary N) is 1. The van der Waals surface area contributed by atoms with Crippen LogP contribution >= 0.6 is 11.3 Å². The van der Waals surface area contributed by atoms with Gasteiger partial charge in [0.1, 0.15) is 11.1 Å². The van der Waals surface area contributed by atoms with Crippen molar-refractivity contribution in [3.05, 3.63) is 81.7 Å². The average Bonchev–Trinajstić information content (AvgIpc) is 3.23. The van der Waals surface area contributed by atoms with E-state index in [9.17, 15) is 10.1 Å². The first kappa shape index (κ1) is 24.2. The van der Waals surface area contributed by atoms with Crippen molar-refractivity contribution in [2.24, 2.45) is 11.3 Å². The van der Waals surface area contributed by atoms with Crippen molar-refractivity contribution in [3.8, 4) is 17.3 Å². The van der Waals surface area contributed by atoms with E-state index in [1.807, 2.05) is 30.3 Å². The van der Waals surface area contributed by atoms with Crippen LogP contribution in [0, 0.1) is 22.7 Å². The van der Waals surface area contributed by atoms with E-state index >= 15 is 0 Å². The van der Waals surface area contributed by atoms with Gasteiger partial charge in [0.05, 0.1) is 22.3 Å². The summed E-state index contributed by atoms with van der Waals surface area (Å²) in [7, 11) is 0. The molecule has 4 nitrogen and oxygen atoms in total. The smallest absolute Gasteiger partial charge is 0.257 e. The molecule has 5 heteroatoms. The minimum absolute atomic E-state index is 0.206. The number of hydrogen-bond donors (Lipinski definition) is 1. The van der Waals surface area contributed by atoms with Crippen molar-refractivity contribution in [2.45, 2.75) is 53.4 Å². The lowest BCUT2D eigenvalue weighted by Crippen LogP contribution is -2.26. The molecule has 1 atom stereocenters. The summed E-state index contributed by atoms with van der Waals surface area (Å²) in [6.07, 6.45) is 3.90. The molecule has 0 saturated heterocycles. The number of aromatic nitrogens is 1. The summed E-state index contributed by atoms with van der Waals surface area (Å²) >= 11 is 1.57. The second kappa shape index (κ2) is 9.52. The Morgan fingerprint density at radius 1 is 1.17 bits per heavy atom. The summed E-state index contributed by atoms with van der Waals surface area (Å²) in [5.74, 6) is 0.368. The average molecular weight is 494 g/mol. The Bertz CT molecular complexity index is 1490. The standard InChI is InChI=1S/C31H31N3OS/c1-5-19-10-12-20(13-11-19)27-17-24(22-8-6-7-9-26(22)33-27)29(35)34-30-25(18-32)23-15-14-21(31(2,3)4)16-28(23)36-30/h6-13,17,21H,5,14-16H2,1-4H3,(H,34,35)/t21-/m1/s1. The fraction of sp³-hybridized carbons (Fsp3) is 0.323. The molecular weight excluding hydrogens is 462 g/mol. The number of anilines is 1. The molecule has 0 radical (unpaired) electrons. The fourth-order valence-corrected chi connectivity index (χ4v) is 6.40. The maximum Gasteiger partial charge on any atom is 0.257 e. The van der Waals surface area contributed by atoms with Crippen LogP contribution in [0.15, 0.2) is 54.6 Å². The van der Waals surface area contributed by atoms with E-state index in [0.717, 1.165) is 53.4 Å². The lowest BCUT2D eigenvalue weighted by molar-refractivity contribution is 0.102. The predicted octanol–water partition coefficient (Wildman–Crippen LogP) is 7.80. The van der Waals surface area contributed by atoms with Gasteiger partial charge in [-0.2, -0.15) is 5.26 Å². The molecule has 2 aromatic heterocycles. The molecule has 0 bridgehead atoms. The lowest BCUT2D eigenvalue weighted by Gasteiger charge is -2.33. The molecule has 1 aliphatic carbocycles. The highest BCUT2D eigenvalue weighted by atomic mass is 32.1. The van der Waals surface area contributed by atoms with Crippen LogP contribution in [-0.2, 0) is 19.3 Å². The summed E-state index contributed by atoms with van der Waals surface area (Å²) in [5, 5.41) is 14.5. The number of nitriles is 1. The van der Waals surface area contributed by atoms with Gasteiger partial charge in [0, 0.05) is 15.8 Å². The second-order valence-corrected chi connectivity index (χ2v) is 11.8. The molecule has 2 heterocycles. The second-order valence-electron chi connectivity index (χ2n) is 10.7. The molecule has 0 unspecified atom stereocenters. The Labute approximate surface area is 217 Å². The Hall–Kier alpha value is -3.49. The number of benzene rings is 2. The number of pyridine rings is 1. The zero-order valence-electron chi connectivity index (χ0n) is 21.3. The summed E-state index contributed by atoms with van der Waals surface area (Å²) in [6, 6.07) is 20.3. The van der Waals surface area contributed by atoms with Gasteiger partial charge in [-0.1, -0.05) is 70.2 Å². The van der Waals surface area contributed by atoms with Crippen molar-refractivity contribution < 1.29 is 4.79 Å². The van der Waals surface area contributed by atoms with Crippen LogP contribution in [-0.4, -0.2) is 10.9 Å². The third kappa shape index (κ3) is 4.54. The van der Waals surface area contributed by atoms with Gasteiger partial charge in [-0.15, -0.1) is 11.3 Å². The van der Waals surface area contributed by atoms with Gasteiger partial charge < -0.3 is 5.32 Å². The van der Waals surface area contributed by atoms with Gasteiger partial charge in [-0.05, 0) is 60.3 Å². The molecule has 182 valence electrons. The molecule has 4 aromatic rings. The molecule has 1 N–H and O–H groups in total. The number of fused-ring (bicyclic) bond motifs is 2. The first-order valence-corrected chi connectivity index (χ1v) is 13.4. The monoisotopic (exact) mass is 493 g/mol. The Balaban J connectivity index is 1.52. The van der Waals surface area contributed by atoms with Crippen LogP contribution in [0.5, 0.6) is 0 Å². The molecule has 0 fully saturated rings. The Morgan fingerprint density at radius 2 is 1.92 bits per heavy atom. The zero-order chi connectivity index (χ0) is 25.4. The summed E-state index contributed by atoms with van der Waals surface area (Å²) in [4.78, 5) is 19.8. The van der Waals surface area contributed by atoms with Gasteiger partial charge in [0.2, 0.25) is 0 Å². The molecule has 5 rings (SSSR count). The number of carbonyl (C=O) groups excluding carboxylic acids is 1. The molecular formula is C31H31N3OS. The van der Waals surface area contributed by atoms with Gasteiger partial charge in [0.15, 0.2) is 0 Å². The van der Waals surface area contributed by atoms with E-state index in [0.29, 0.717) is 22.0 Å². The maximum absolute atomic E-state index is 13.7. The fourth-order valence-electron chi connectivity index (χ4n) is 5.12. The van der Waals surface area contributed by atoms with Crippen molar-refractivity contribution in [3.63, 3.8) is 0 Å². The van der Waals surface area contributed by atoms with Crippen LogP contribution in [0.1, 0.15) is 66.0 Å². The number of carbonyl (C=O) groups is 1. The number of para-hydroxylation sites is 1. The number of amides is 1. The number of hydrogen-bond acceptors (Lipinski definition) is 4. The van der Waals surface area contributed by atoms with E-state index in [4.69, 9.17) is 4.98 Å². The van der Waals surface area contributed by atoms with Crippen molar-refractivity contribution in [2.75, 3.05) is 5.32 Å². The lowest BCUT2D eigenvalue weighted by atomic mass is 9.72. The first-order chi connectivity index (χ1) is 17.3. The third-order valence-electron chi connectivity index (χ3n) is 7.45. The van der Waals surface area contributed by atoms with E-state index in [1.165, 1.54) is 10.4 Å². The molecule has 0 spiro atoms. The molecule has 1 aliphatic rings. The molecule has 0 aliphatic heterocycles. The number of nitrogens with zero attached hydrogens (tertiary/aromatic N) is 2. The van der Waals surface area contributed by atoms with E-state index in [2.05, 4.69) is 63.3 Å². The molecule has 2 aromatic carbocycles. The van der Waals surface area contributed by atoms with Crippen LogP contribution < -0.4 is 5.32 Å². The predicted molar refractivity (Wildman–Crippen MR) is 149 cm³/mol. The third-order valence-corrected chi connectivity index (χ3v) is 8.62. The van der Waals surface area contributed by atoms with E-state index in [1.54, 1.807) is 11.3 Å². The molecule has 1 amide bonds.